The summed E-state index contributed by atoms with van der Waals surface area (Å²) >= 11 is 0. The molecule has 2 amide bonds. The van der Waals surface area contributed by atoms with Gasteiger partial charge in [-0.1, -0.05) is 6.92 Å². The average Bonchev–Trinajstić information content (AvgIpc) is 2.37. The molecule has 5 heteroatoms. The van der Waals surface area contributed by atoms with Crippen LogP contribution in [0.15, 0.2) is 24.3 Å². The molecule has 1 aromatic rings. The number of hydrogen-bond acceptors (Lipinski definition) is 3. The zero-order valence-electron chi connectivity index (χ0n) is 11.2. The fourth-order valence-corrected chi connectivity index (χ4v) is 1.49. The smallest absolute Gasteiger partial charge is 0.243 e. The van der Waals surface area contributed by atoms with Crippen molar-refractivity contribution in [2.45, 2.75) is 26.7 Å². The lowest BCUT2D eigenvalue weighted by atomic mass is 10.1. The van der Waals surface area contributed by atoms with Crippen LogP contribution in [0, 0.1) is 0 Å². The highest BCUT2D eigenvalue weighted by Gasteiger charge is 2.05. The fraction of sp³-hybridized carbons (Fsp3) is 0.357. The van der Waals surface area contributed by atoms with Gasteiger partial charge in [-0.2, -0.15) is 0 Å². The fourth-order valence-electron chi connectivity index (χ4n) is 1.49. The van der Waals surface area contributed by atoms with Gasteiger partial charge >= 0.3 is 0 Å². The lowest BCUT2D eigenvalue weighted by Gasteiger charge is -2.07. The number of nitrogens with one attached hydrogen (secondary N) is 2. The Kier molecular flexibility index (Phi) is 5.73. The van der Waals surface area contributed by atoms with E-state index in [1.807, 2.05) is 6.92 Å². The van der Waals surface area contributed by atoms with Crippen molar-refractivity contribution in [1.29, 1.82) is 0 Å². The minimum absolute atomic E-state index is 0.0234. The van der Waals surface area contributed by atoms with E-state index < -0.39 is 0 Å². The van der Waals surface area contributed by atoms with E-state index in [9.17, 15) is 14.4 Å². The number of benzene rings is 1. The van der Waals surface area contributed by atoms with E-state index in [2.05, 4.69) is 10.6 Å². The molecule has 1 rings (SSSR count). The summed E-state index contributed by atoms with van der Waals surface area (Å²) in [6.45, 7) is 3.33. The Hall–Kier alpha value is -2.17. The van der Waals surface area contributed by atoms with Crippen LogP contribution in [0.3, 0.4) is 0 Å². The normalized spacial score (nSPS) is 9.79. The van der Waals surface area contributed by atoms with Crippen LogP contribution in [0.4, 0.5) is 5.69 Å². The molecule has 0 atom stereocenters. The van der Waals surface area contributed by atoms with Crippen LogP contribution in [0.5, 0.6) is 0 Å². The van der Waals surface area contributed by atoms with Crippen LogP contribution in [-0.4, -0.2) is 24.1 Å². The van der Waals surface area contributed by atoms with E-state index in [4.69, 9.17) is 0 Å². The molecule has 0 unspecified atom stereocenters. The Balaban J connectivity index is 2.44. The Morgan fingerprint density at radius 3 is 2.21 bits per heavy atom. The van der Waals surface area contributed by atoms with Crippen LogP contribution < -0.4 is 10.6 Å². The first kappa shape index (κ1) is 14.9. The van der Waals surface area contributed by atoms with Crippen LogP contribution in [0.25, 0.3) is 0 Å². The van der Waals surface area contributed by atoms with Crippen molar-refractivity contribution in [3.05, 3.63) is 29.8 Å². The van der Waals surface area contributed by atoms with Gasteiger partial charge in [-0.05, 0) is 37.6 Å². The zero-order chi connectivity index (χ0) is 14.3. The molecule has 0 bridgehead atoms. The number of Topliss-reactive ketones (excluding diaryl/α,β-unsaturated/α-hetero) is 1. The molecule has 0 spiro atoms. The van der Waals surface area contributed by atoms with Crippen molar-refractivity contribution in [2.24, 2.45) is 0 Å². The first-order valence-corrected chi connectivity index (χ1v) is 6.20. The van der Waals surface area contributed by atoms with Gasteiger partial charge in [0.25, 0.3) is 0 Å². The maximum absolute atomic E-state index is 11.5. The van der Waals surface area contributed by atoms with Crippen molar-refractivity contribution >= 4 is 23.3 Å². The van der Waals surface area contributed by atoms with Gasteiger partial charge in [0.1, 0.15) is 0 Å². The SMILES string of the molecule is CCCC(=O)NCC(=O)Nc1ccc(C(C)=O)cc1. The van der Waals surface area contributed by atoms with Crippen LogP contribution in [-0.2, 0) is 9.59 Å². The third-order valence-corrected chi connectivity index (χ3v) is 2.50. The summed E-state index contributed by atoms with van der Waals surface area (Å²) < 4.78 is 0. The van der Waals surface area contributed by atoms with Gasteiger partial charge in [0, 0.05) is 17.7 Å². The summed E-state index contributed by atoms with van der Waals surface area (Å²) in [5.41, 5.74) is 1.19. The summed E-state index contributed by atoms with van der Waals surface area (Å²) in [6, 6.07) is 6.60. The Labute approximate surface area is 112 Å². The molecule has 0 saturated carbocycles. The number of carbonyl (C=O) groups excluding carboxylic acids is 3. The second-order valence-electron chi connectivity index (χ2n) is 4.21. The molecule has 0 saturated heterocycles. The largest absolute Gasteiger partial charge is 0.347 e. The summed E-state index contributed by atoms with van der Waals surface area (Å²) in [5.74, 6) is -0.450. The van der Waals surface area contributed by atoms with E-state index in [-0.39, 0.29) is 24.1 Å². The summed E-state index contributed by atoms with van der Waals surface area (Å²) in [4.78, 5) is 33.8. The minimum Gasteiger partial charge on any atom is -0.347 e. The van der Waals surface area contributed by atoms with E-state index >= 15 is 0 Å². The molecule has 0 aliphatic heterocycles. The second kappa shape index (κ2) is 7.31. The highest BCUT2D eigenvalue weighted by Crippen LogP contribution is 2.09. The maximum Gasteiger partial charge on any atom is 0.243 e. The van der Waals surface area contributed by atoms with Crippen molar-refractivity contribution in [3.63, 3.8) is 0 Å². The molecule has 0 aromatic heterocycles. The molecule has 0 aliphatic rings. The van der Waals surface area contributed by atoms with Crippen molar-refractivity contribution in [2.75, 3.05) is 11.9 Å². The van der Waals surface area contributed by atoms with Crippen molar-refractivity contribution in [3.8, 4) is 0 Å². The van der Waals surface area contributed by atoms with Gasteiger partial charge in [0.15, 0.2) is 5.78 Å². The van der Waals surface area contributed by atoms with Crippen LogP contribution >= 0.6 is 0 Å². The summed E-state index contributed by atoms with van der Waals surface area (Å²) in [5, 5.41) is 5.17. The number of carbonyl (C=O) groups is 3. The summed E-state index contributed by atoms with van der Waals surface area (Å²) in [6.07, 6.45) is 1.17. The molecule has 0 aliphatic carbocycles. The number of hydrogen-bond donors (Lipinski definition) is 2. The standard InChI is InChI=1S/C14H18N2O3/c1-3-4-13(18)15-9-14(19)16-12-7-5-11(6-8-12)10(2)17/h5-8H,3-4,9H2,1-2H3,(H,15,18)(H,16,19). The molecule has 2 N–H and O–H groups in total. The zero-order valence-corrected chi connectivity index (χ0v) is 11.2. The van der Waals surface area contributed by atoms with Gasteiger partial charge in [0.05, 0.1) is 6.54 Å². The second-order valence-corrected chi connectivity index (χ2v) is 4.21. The van der Waals surface area contributed by atoms with Gasteiger partial charge in [-0.15, -0.1) is 0 Å². The van der Waals surface area contributed by atoms with Gasteiger partial charge in [-0.3, -0.25) is 14.4 Å². The summed E-state index contributed by atoms with van der Waals surface area (Å²) in [7, 11) is 0. The third kappa shape index (κ3) is 5.33. The predicted molar refractivity (Wildman–Crippen MR) is 73.0 cm³/mol. The number of rotatable bonds is 6. The maximum atomic E-state index is 11.5. The van der Waals surface area contributed by atoms with Crippen molar-refractivity contribution < 1.29 is 14.4 Å². The quantitative estimate of drug-likeness (QED) is 0.767. The molecule has 102 valence electrons. The number of ketones is 1. The number of amides is 2. The van der Waals surface area contributed by atoms with Gasteiger partial charge in [-0.25, -0.2) is 0 Å². The van der Waals surface area contributed by atoms with E-state index in [1.165, 1.54) is 6.92 Å². The van der Waals surface area contributed by atoms with Crippen molar-refractivity contribution in [1.82, 2.24) is 5.32 Å². The molecule has 0 radical (unpaired) electrons. The highest BCUT2D eigenvalue weighted by molar-refractivity contribution is 5.96. The first-order chi connectivity index (χ1) is 9.02. The Morgan fingerprint density at radius 2 is 1.68 bits per heavy atom. The average molecular weight is 262 g/mol. The Morgan fingerprint density at radius 1 is 1.05 bits per heavy atom. The Bertz CT molecular complexity index is 466. The molecule has 5 nitrogen and oxygen atoms in total. The number of anilines is 1. The topological polar surface area (TPSA) is 75.3 Å². The molecule has 1 aromatic carbocycles. The highest BCUT2D eigenvalue weighted by atomic mass is 16.2. The van der Waals surface area contributed by atoms with Crippen LogP contribution in [0.2, 0.25) is 0 Å². The van der Waals surface area contributed by atoms with E-state index in [1.54, 1.807) is 24.3 Å². The van der Waals surface area contributed by atoms with Gasteiger partial charge < -0.3 is 10.6 Å². The molecular formula is C14H18N2O3. The molecule has 19 heavy (non-hydrogen) atoms. The monoisotopic (exact) mass is 262 g/mol. The predicted octanol–water partition coefficient (Wildman–Crippen LogP) is 1.74. The molecule has 0 fully saturated rings. The minimum atomic E-state index is -0.292. The van der Waals surface area contributed by atoms with Crippen LogP contribution in [0.1, 0.15) is 37.0 Å². The molecule has 0 heterocycles. The van der Waals surface area contributed by atoms with E-state index in [0.717, 1.165) is 6.42 Å². The van der Waals surface area contributed by atoms with E-state index in [0.29, 0.717) is 17.7 Å². The third-order valence-electron chi connectivity index (χ3n) is 2.50. The molecular weight excluding hydrogens is 244 g/mol. The lowest BCUT2D eigenvalue weighted by molar-refractivity contribution is -0.124. The lowest BCUT2D eigenvalue weighted by Crippen LogP contribution is -2.32. The van der Waals surface area contributed by atoms with Gasteiger partial charge in [0.2, 0.25) is 11.8 Å². The first-order valence-electron chi connectivity index (χ1n) is 6.20.